The SMILES string of the molecule is CC(N)=NCCC[C@@H](C=O)NC(=O)Cn1cccc(NS(=O)(=O)Cc2ccccc2)c1=O. The number of hydrogen-bond donors (Lipinski definition) is 3. The lowest BCUT2D eigenvalue weighted by Gasteiger charge is -2.14. The van der Waals surface area contributed by atoms with Crippen LogP contribution in [-0.4, -0.2) is 43.6 Å². The zero-order chi connectivity index (χ0) is 23.6. The van der Waals surface area contributed by atoms with Crippen LogP contribution in [-0.2, 0) is 31.9 Å². The number of aldehydes is 1. The number of rotatable bonds is 12. The van der Waals surface area contributed by atoms with Gasteiger partial charge in [-0.25, -0.2) is 8.42 Å². The first-order valence-electron chi connectivity index (χ1n) is 9.95. The summed E-state index contributed by atoms with van der Waals surface area (Å²) >= 11 is 0. The predicted molar refractivity (Wildman–Crippen MR) is 123 cm³/mol. The highest BCUT2D eigenvalue weighted by atomic mass is 32.2. The van der Waals surface area contributed by atoms with Crippen LogP contribution in [0.25, 0.3) is 0 Å². The van der Waals surface area contributed by atoms with Crippen LogP contribution in [0.5, 0.6) is 0 Å². The molecule has 1 amide bonds. The summed E-state index contributed by atoms with van der Waals surface area (Å²) in [4.78, 5) is 40.2. The molecule has 1 aromatic carbocycles. The second-order valence-corrected chi connectivity index (χ2v) is 8.90. The Morgan fingerprint density at radius 1 is 1.22 bits per heavy atom. The Bertz CT molecular complexity index is 1110. The van der Waals surface area contributed by atoms with E-state index in [-0.39, 0.29) is 18.0 Å². The first kappa shape index (κ1) is 24.8. The van der Waals surface area contributed by atoms with Crippen molar-refractivity contribution < 1.29 is 18.0 Å². The third kappa shape index (κ3) is 8.34. The van der Waals surface area contributed by atoms with Gasteiger partial charge in [0.15, 0.2) is 0 Å². The van der Waals surface area contributed by atoms with Crippen LogP contribution in [0.3, 0.4) is 0 Å². The van der Waals surface area contributed by atoms with E-state index in [0.29, 0.717) is 37.1 Å². The maximum atomic E-state index is 12.6. The molecule has 172 valence electrons. The largest absolute Gasteiger partial charge is 0.388 e. The van der Waals surface area contributed by atoms with Gasteiger partial charge in [0.25, 0.3) is 5.56 Å². The van der Waals surface area contributed by atoms with Crippen molar-refractivity contribution in [3.63, 3.8) is 0 Å². The summed E-state index contributed by atoms with van der Waals surface area (Å²) in [6.45, 7) is 1.73. The molecule has 0 aliphatic carbocycles. The molecule has 0 saturated heterocycles. The van der Waals surface area contributed by atoms with Crippen molar-refractivity contribution >= 4 is 33.7 Å². The van der Waals surface area contributed by atoms with Gasteiger partial charge in [-0.2, -0.15) is 0 Å². The van der Waals surface area contributed by atoms with Crippen LogP contribution in [0.4, 0.5) is 5.69 Å². The van der Waals surface area contributed by atoms with Crippen molar-refractivity contribution in [1.29, 1.82) is 0 Å². The number of pyridine rings is 1. The number of carbonyl (C=O) groups excluding carboxylic acids is 2. The van der Waals surface area contributed by atoms with E-state index in [0.717, 1.165) is 4.57 Å². The summed E-state index contributed by atoms with van der Waals surface area (Å²) in [6, 6.07) is 10.6. The molecule has 0 radical (unpaired) electrons. The van der Waals surface area contributed by atoms with Gasteiger partial charge in [0.2, 0.25) is 15.9 Å². The van der Waals surface area contributed by atoms with E-state index >= 15 is 0 Å². The fourth-order valence-corrected chi connectivity index (χ4v) is 4.08. The van der Waals surface area contributed by atoms with Gasteiger partial charge in [-0.05, 0) is 37.5 Å². The van der Waals surface area contributed by atoms with Gasteiger partial charge >= 0.3 is 0 Å². The maximum absolute atomic E-state index is 12.6. The number of aromatic nitrogens is 1. The lowest BCUT2D eigenvalue weighted by atomic mass is 10.2. The molecule has 10 nitrogen and oxygen atoms in total. The molecule has 11 heteroatoms. The lowest BCUT2D eigenvalue weighted by molar-refractivity contribution is -0.124. The van der Waals surface area contributed by atoms with Gasteiger partial charge in [-0.15, -0.1) is 0 Å². The highest BCUT2D eigenvalue weighted by Gasteiger charge is 2.16. The molecular formula is C21H27N5O5S. The summed E-state index contributed by atoms with van der Waals surface area (Å²) in [5.41, 5.74) is 5.18. The Hall–Kier alpha value is -3.47. The van der Waals surface area contributed by atoms with Crippen LogP contribution in [0.15, 0.2) is 58.4 Å². The van der Waals surface area contributed by atoms with E-state index < -0.39 is 27.5 Å². The van der Waals surface area contributed by atoms with E-state index in [1.165, 1.54) is 18.3 Å². The van der Waals surface area contributed by atoms with Gasteiger partial charge < -0.3 is 20.4 Å². The number of nitrogens with two attached hydrogens (primary N) is 1. The summed E-state index contributed by atoms with van der Waals surface area (Å²) in [5, 5.41) is 2.55. The Morgan fingerprint density at radius 2 is 1.94 bits per heavy atom. The molecule has 1 heterocycles. The van der Waals surface area contributed by atoms with Crippen LogP contribution in [0.1, 0.15) is 25.3 Å². The van der Waals surface area contributed by atoms with E-state index in [9.17, 15) is 22.8 Å². The normalized spacial score (nSPS) is 12.7. The maximum Gasteiger partial charge on any atom is 0.275 e. The van der Waals surface area contributed by atoms with Gasteiger partial charge in [0.05, 0.1) is 17.6 Å². The fourth-order valence-electron chi connectivity index (χ4n) is 2.88. The molecule has 0 unspecified atom stereocenters. The number of amidine groups is 1. The van der Waals surface area contributed by atoms with E-state index in [1.807, 2.05) is 0 Å². The minimum atomic E-state index is -3.83. The number of nitrogens with zero attached hydrogens (tertiary/aromatic N) is 2. The van der Waals surface area contributed by atoms with Gasteiger partial charge in [0.1, 0.15) is 18.5 Å². The lowest BCUT2D eigenvalue weighted by Crippen LogP contribution is -2.40. The van der Waals surface area contributed by atoms with E-state index in [2.05, 4.69) is 15.0 Å². The van der Waals surface area contributed by atoms with Gasteiger partial charge in [0, 0.05) is 12.7 Å². The number of amides is 1. The minimum Gasteiger partial charge on any atom is -0.388 e. The number of hydrogen-bond acceptors (Lipinski definition) is 6. The molecule has 0 saturated carbocycles. The molecule has 2 rings (SSSR count). The summed E-state index contributed by atoms with van der Waals surface area (Å²) in [6.07, 6.45) is 2.91. The van der Waals surface area contributed by atoms with Crippen LogP contribution in [0.2, 0.25) is 0 Å². The monoisotopic (exact) mass is 461 g/mol. The van der Waals surface area contributed by atoms with Crippen molar-refractivity contribution in [3.05, 3.63) is 64.6 Å². The van der Waals surface area contributed by atoms with Crippen LogP contribution >= 0.6 is 0 Å². The first-order valence-corrected chi connectivity index (χ1v) is 11.6. The highest BCUT2D eigenvalue weighted by molar-refractivity contribution is 7.91. The number of carbonyl (C=O) groups is 2. The molecule has 32 heavy (non-hydrogen) atoms. The molecule has 4 N–H and O–H groups in total. The highest BCUT2D eigenvalue weighted by Crippen LogP contribution is 2.09. The van der Waals surface area contributed by atoms with Crippen molar-refractivity contribution in [2.24, 2.45) is 10.7 Å². The fraction of sp³-hybridized carbons (Fsp3) is 0.333. The van der Waals surface area contributed by atoms with Crippen LogP contribution < -0.4 is 21.3 Å². The molecule has 0 aliphatic heterocycles. The molecule has 2 aromatic rings. The average molecular weight is 462 g/mol. The van der Waals surface area contributed by atoms with Crippen molar-refractivity contribution in [1.82, 2.24) is 9.88 Å². The second kappa shape index (κ2) is 11.8. The molecule has 1 aromatic heterocycles. The van der Waals surface area contributed by atoms with Crippen molar-refractivity contribution in [3.8, 4) is 0 Å². The van der Waals surface area contributed by atoms with Crippen molar-refractivity contribution in [2.75, 3.05) is 11.3 Å². The smallest absolute Gasteiger partial charge is 0.275 e. The summed E-state index contributed by atoms with van der Waals surface area (Å²) in [7, 11) is -3.83. The van der Waals surface area contributed by atoms with E-state index in [1.54, 1.807) is 37.3 Å². The predicted octanol–water partition coefficient (Wildman–Crippen LogP) is 0.631. The Kier molecular flexibility index (Phi) is 9.14. The molecule has 0 spiro atoms. The number of sulfonamides is 1. The Labute approximate surface area is 186 Å². The molecule has 0 bridgehead atoms. The number of anilines is 1. The standard InChI is InChI=1S/C21H27N5O5S/c1-16(22)23-11-5-9-18(14-27)24-20(28)13-26-12-6-10-19(21(26)29)25-32(30,31)15-17-7-3-2-4-8-17/h2-4,6-8,10,12,14,18,25H,5,9,11,13,15H2,1H3,(H2,22,23)(H,24,28)/t18-/m0/s1. The van der Waals surface area contributed by atoms with Gasteiger partial charge in [-0.1, -0.05) is 30.3 Å². The van der Waals surface area contributed by atoms with Crippen LogP contribution in [0, 0.1) is 0 Å². The summed E-state index contributed by atoms with van der Waals surface area (Å²) < 4.78 is 28.2. The third-order valence-electron chi connectivity index (χ3n) is 4.34. The van der Waals surface area contributed by atoms with E-state index in [4.69, 9.17) is 5.73 Å². The second-order valence-electron chi connectivity index (χ2n) is 7.18. The minimum absolute atomic E-state index is 0.168. The first-order chi connectivity index (χ1) is 15.2. The number of benzene rings is 1. The molecule has 0 fully saturated rings. The molecule has 0 aliphatic rings. The third-order valence-corrected chi connectivity index (χ3v) is 5.59. The quantitative estimate of drug-likeness (QED) is 0.182. The topological polar surface area (TPSA) is 153 Å². The van der Waals surface area contributed by atoms with Gasteiger partial charge in [-0.3, -0.25) is 19.3 Å². The molecule has 1 atom stereocenters. The zero-order valence-electron chi connectivity index (χ0n) is 17.7. The Balaban J connectivity index is 2.00. The molecular weight excluding hydrogens is 434 g/mol. The number of aliphatic imine (C=N–C) groups is 1. The number of nitrogens with one attached hydrogen (secondary N) is 2. The zero-order valence-corrected chi connectivity index (χ0v) is 18.5. The van der Waals surface area contributed by atoms with Crippen molar-refractivity contribution in [2.45, 2.75) is 38.1 Å². The summed E-state index contributed by atoms with van der Waals surface area (Å²) in [5.74, 6) is -0.403. The Morgan fingerprint density at radius 3 is 2.59 bits per heavy atom. The average Bonchev–Trinajstić information content (AvgIpc) is 2.73.